The number of hydrogen-bond acceptors (Lipinski definition) is 5. The van der Waals surface area contributed by atoms with E-state index >= 15 is 0 Å². The van der Waals surface area contributed by atoms with Gasteiger partial charge in [0.2, 0.25) is 11.8 Å². The summed E-state index contributed by atoms with van der Waals surface area (Å²) in [6.45, 7) is 5.10. The number of hydrogen-bond donors (Lipinski definition) is 1. The molecule has 0 bridgehead atoms. The molecule has 4 rings (SSSR count). The first-order chi connectivity index (χ1) is 21.4. The molecule has 1 atom stereocenters. The maximum atomic E-state index is 14.5. The molecule has 0 radical (unpaired) electrons. The van der Waals surface area contributed by atoms with E-state index in [1.165, 1.54) is 29.2 Å². The topological polar surface area (TPSA) is 96.0 Å². The molecule has 2 amide bonds. The lowest BCUT2D eigenvalue weighted by Crippen LogP contribution is -2.56. The molecule has 4 aromatic rings. The van der Waals surface area contributed by atoms with Gasteiger partial charge in [-0.3, -0.25) is 13.9 Å². The van der Waals surface area contributed by atoms with E-state index in [9.17, 15) is 18.0 Å². The number of rotatable bonds is 12. The molecule has 0 aliphatic heterocycles. The van der Waals surface area contributed by atoms with Gasteiger partial charge in [-0.2, -0.15) is 0 Å². The quantitative estimate of drug-likeness (QED) is 0.201. The highest BCUT2D eigenvalue weighted by molar-refractivity contribution is 7.92. The number of ether oxygens (including phenoxy) is 1. The Labute approximate surface area is 270 Å². The van der Waals surface area contributed by atoms with E-state index < -0.39 is 34.1 Å². The fraction of sp³-hybridized carbons (Fsp3) is 0.257. The van der Waals surface area contributed by atoms with E-state index in [4.69, 9.17) is 16.3 Å². The molecule has 1 N–H and O–H groups in total. The van der Waals surface area contributed by atoms with Crippen molar-refractivity contribution in [3.05, 3.63) is 125 Å². The van der Waals surface area contributed by atoms with Crippen LogP contribution in [0.3, 0.4) is 0 Å². The van der Waals surface area contributed by atoms with Crippen molar-refractivity contribution in [1.29, 1.82) is 0 Å². The van der Waals surface area contributed by atoms with Crippen molar-refractivity contribution < 1.29 is 22.7 Å². The van der Waals surface area contributed by atoms with Gasteiger partial charge in [-0.25, -0.2) is 8.42 Å². The van der Waals surface area contributed by atoms with Crippen LogP contribution in [0.2, 0.25) is 5.02 Å². The molecule has 8 nitrogen and oxygen atoms in total. The Morgan fingerprint density at radius 1 is 0.844 bits per heavy atom. The third-order valence-electron chi connectivity index (χ3n) is 6.98. The minimum Gasteiger partial charge on any atom is -0.497 e. The van der Waals surface area contributed by atoms with Gasteiger partial charge in [-0.05, 0) is 80.4 Å². The second-order valence-corrected chi connectivity index (χ2v) is 13.9. The summed E-state index contributed by atoms with van der Waals surface area (Å²) in [4.78, 5) is 29.9. The number of nitrogens with zero attached hydrogens (tertiary/aromatic N) is 2. The molecule has 4 aromatic carbocycles. The number of para-hydroxylation sites is 1. The zero-order chi connectivity index (χ0) is 32.6. The van der Waals surface area contributed by atoms with E-state index in [0.29, 0.717) is 16.5 Å². The monoisotopic (exact) mass is 647 g/mol. The van der Waals surface area contributed by atoms with E-state index in [2.05, 4.69) is 5.32 Å². The first-order valence-corrected chi connectivity index (χ1v) is 16.3. The van der Waals surface area contributed by atoms with Gasteiger partial charge in [0.25, 0.3) is 10.0 Å². The summed E-state index contributed by atoms with van der Waals surface area (Å²) in [5, 5.41) is 3.41. The fourth-order valence-corrected chi connectivity index (χ4v) is 6.37. The number of carbonyl (C=O) groups excluding carboxylic acids is 2. The summed E-state index contributed by atoms with van der Waals surface area (Å²) in [5.41, 5.74) is 1.30. The molecular weight excluding hydrogens is 610 g/mol. The van der Waals surface area contributed by atoms with Crippen LogP contribution in [0.25, 0.3) is 0 Å². The van der Waals surface area contributed by atoms with E-state index in [1.54, 1.807) is 55.6 Å². The van der Waals surface area contributed by atoms with Crippen molar-refractivity contribution in [3.8, 4) is 5.75 Å². The van der Waals surface area contributed by atoms with Crippen LogP contribution in [0.15, 0.2) is 114 Å². The van der Waals surface area contributed by atoms with Crippen LogP contribution in [-0.2, 0) is 32.6 Å². The molecule has 45 heavy (non-hydrogen) atoms. The molecule has 0 aliphatic carbocycles. The zero-order valence-corrected chi connectivity index (χ0v) is 27.4. The highest BCUT2D eigenvalue weighted by Crippen LogP contribution is 2.26. The molecule has 0 spiro atoms. The Morgan fingerprint density at radius 2 is 1.44 bits per heavy atom. The molecular formula is C35H38ClN3O5S. The van der Waals surface area contributed by atoms with Crippen LogP contribution in [0.5, 0.6) is 5.75 Å². The molecule has 0 saturated heterocycles. The lowest BCUT2D eigenvalue weighted by molar-refractivity contribution is -0.140. The first kappa shape index (κ1) is 33.6. The summed E-state index contributed by atoms with van der Waals surface area (Å²) in [6, 6.07) is 29.9. The second kappa shape index (κ2) is 14.6. The maximum absolute atomic E-state index is 14.5. The minimum absolute atomic E-state index is 0.0193. The minimum atomic E-state index is -4.21. The summed E-state index contributed by atoms with van der Waals surface area (Å²) in [7, 11) is -2.66. The van der Waals surface area contributed by atoms with Crippen LogP contribution < -0.4 is 14.4 Å². The Morgan fingerprint density at radius 3 is 2.04 bits per heavy atom. The first-order valence-electron chi connectivity index (χ1n) is 14.5. The van der Waals surface area contributed by atoms with Gasteiger partial charge in [-0.1, -0.05) is 72.3 Å². The van der Waals surface area contributed by atoms with Gasteiger partial charge < -0.3 is 15.0 Å². The Hall–Kier alpha value is -4.34. The van der Waals surface area contributed by atoms with Crippen LogP contribution >= 0.6 is 11.6 Å². The number of halogens is 1. The van der Waals surface area contributed by atoms with Crippen molar-refractivity contribution in [2.24, 2.45) is 0 Å². The van der Waals surface area contributed by atoms with Crippen molar-refractivity contribution in [2.75, 3.05) is 18.0 Å². The standard InChI is InChI=1S/C35H38ClN3O5S/c1-35(2,3)37-34(41)32(23-26-12-7-5-8-13-26)38(24-27-14-11-17-30(22-27)44-4)33(40)25-39(29-15-9-6-10-16-29)45(42,43)31-20-18-28(36)19-21-31/h5-22,32H,23-25H2,1-4H3,(H,37,41)/t32-/m1/s1. The fourth-order valence-electron chi connectivity index (χ4n) is 4.83. The van der Waals surface area contributed by atoms with Gasteiger partial charge in [-0.15, -0.1) is 0 Å². The van der Waals surface area contributed by atoms with Crippen LogP contribution in [0, 0.1) is 0 Å². The van der Waals surface area contributed by atoms with Gasteiger partial charge in [0.05, 0.1) is 17.7 Å². The Kier molecular flexibility index (Phi) is 10.9. The summed E-state index contributed by atoms with van der Waals surface area (Å²) in [5.74, 6) is -0.312. The lowest BCUT2D eigenvalue weighted by Gasteiger charge is -2.35. The maximum Gasteiger partial charge on any atom is 0.264 e. The summed E-state index contributed by atoms with van der Waals surface area (Å²) < 4.78 is 34.6. The van der Waals surface area contributed by atoms with Crippen LogP contribution in [0.4, 0.5) is 5.69 Å². The molecule has 10 heteroatoms. The summed E-state index contributed by atoms with van der Waals surface area (Å²) in [6.07, 6.45) is 0.216. The molecule has 0 aliphatic rings. The lowest BCUT2D eigenvalue weighted by atomic mass is 10.0. The molecule has 236 valence electrons. The van der Waals surface area contributed by atoms with Crippen molar-refractivity contribution >= 4 is 39.1 Å². The smallest absolute Gasteiger partial charge is 0.264 e. The third kappa shape index (κ3) is 9.09. The number of sulfonamides is 1. The van der Waals surface area contributed by atoms with E-state index in [1.807, 2.05) is 57.2 Å². The average Bonchev–Trinajstić information content (AvgIpc) is 3.01. The number of anilines is 1. The number of benzene rings is 4. The highest BCUT2D eigenvalue weighted by atomic mass is 35.5. The largest absolute Gasteiger partial charge is 0.497 e. The van der Waals surface area contributed by atoms with Gasteiger partial charge in [0.15, 0.2) is 0 Å². The number of amides is 2. The molecule has 0 aromatic heterocycles. The molecule has 0 saturated carbocycles. The molecule has 0 heterocycles. The Balaban J connectivity index is 1.81. The van der Waals surface area contributed by atoms with Crippen LogP contribution in [0.1, 0.15) is 31.9 Å². The van der Waals surface area contributed by atoms with E-state index in [-0.39, 0.29) is 23.8 Å². The predicted molar refractivity (Wildman–Crippen MR) is 178 cm³/mol. The van der Waals surface area contributed by atoms with Crippen LogP contribution in [-0.4, -0.2) is 50.4 Å². The number of carbonyl (C=O) groups is 2. The normalized spacial score (nSPS) is 12.2. The van der Waals surface area contributed by atoms with Gasteiger partial charge in [0, 0.05) is 23.5 Å². The number of methoxy groups -OCH3 is 1. The average molecular weight is 648 g/mol. The SMILES string of the molecule is COc1cccc(CN(C(=O)CN(c2ccccc2)S(=O)(=O)c2ccc(Cl)cc2)[C@H](Cc2ccccc2)C(=O)NC(C)(C)C)c1. The van der Waals surface area contributed by atoms with Crippen molar-refractivity contribution in [2.45, 2.75) is 50.2 Å². The van der Waals surface area contributed by atoms with E-state index in [0.717, 1.165) is 15.4 Å². The Bertz CT molecular complexity index is 1690. The zero-order valence-electron chi connectivity index (χ0n) is 25.8. The predicted octanol–water partition coefficient (Wildman–Crippen LogP) is 6.10. The molecule has 0 unspecified atom stereocenters. The van der Waals surface area contributed by atoms with Crippen molar-refractivity contribution in [1.82, 2.24) is 10.2 Å². The van der Waals surface area contributed by atoms with Gasteiger partial charge in [0.1, 0.15) is 18.3 Å². The molecule has 0 fully saturated rings. The number of nitrogens with one attached hydrogen (secondary N) is 1. The van der Waals surface area contributed by atoms with Crippen molar-refractivity contribution in [3.63, 3.8) is 0 Å². The van der Waals surface area contributed by atoms with Gasteiger partial charge >= 0.3 is 0 Å². The summed E-state index contributed by atoms with van der Waals surface area (Å²) >= 11 is 6.04. The highest BCUT2D eigenvalue weighted by Gasteiger charge is 2.35. The second-order valence-electron chi connectivity index (χ2n) is 11.6. The third-order valence-corrected chi connectivity index (χ3v) is 9.02.